The van der Waals surface area contributed by atoms with Crippen molar-refractivity contribution in [2.75, 3.05) is 0 Å². The largest absolute Gasteiger partial charge is 0.441 e. The average molecular weight is 277 g/mol. The minimum absolute atomic E-state index is 0.330. The van der Waals surface area contributed by atoms with Crippen molar-refractivity contribution in [1.82, 2.24) is 4.98 Å². The van der Waals surface area contributed by atoms with Crippen LogP contribution in [0.1, 0.15) is 11.5 Å². The Kier molecular flexibility index (Phi) is 3.43. The van der Waals surface area contributed by atoms with E-state index in [2.05, 4.69) is 4.98 Å². The van der Waals surface area contributed by atoms with E-state index in [0.717, 1.165) is 17.0 Å². The van der Waals surface area contributed by atoms with Crippen LogP contribution in [-0.2, 0) is 5.88 Å². The Hall–Kier alpha value is -0.700. The highest BCUT2D eigenvalue weighted by molar-refractivity contribution is 6.42. The molecular formula is C11H8Cl3NO. The fraction of sp³-hybridized carbons (Fsp3) is 0.182. The minimum atomic E-state index is 0.330. The van der Waals surface area contributed by atoms with Gasteiger partial charge in [-0.2, -0.15) is 0 Å². The van der Waals surface area contributed by atoms with Crippen LogP contribution in [0.4, 0.5) is 0 Å². The van der Waals surface area contributed by atoms with Crippen molar-refractivity contribution in [3.05, 3.63) is 39.7 Å². The van der Waals surface area contributed by atoms with E-state index in [1.807, 2.05) is 6.92 Å². The van der Waals surface area contributed by atoms with Crippen molar-refractivity contribution in [3.8, 4) is 11.5 Å². The van der Waals surface area contributed by atoms with Crippen molar-refractivity contribution < 1.29 is 4.42 Å². The molecule has 16 heavy (non-hydrogen) atoms. The van der Waals surface area contributed by atoms with Gasteiger partial charge in [0.15, 0.2) is 0 Å². The summed E-state index contributed by atoms with van der Waals surface area (Å²) in [4.78, 5) is 4.27. The van der Waals surface area contributed by atoms with Crippen LogP contribution < -0.4 is 0 Å². The van der Waals surface area contributed by atoms with Gasteiger partial charge in [0.2, 0.25) is 5.89 Å². The Morgan fingerprint density at radius 2 is 2.00 bits per heavy atom. The summed E-state index contributed by atoms with van der Waals surface area (Å²) in [5.74, 6) is 1.55. The number of halogens is 3. The summed E-state index contributed by atoms with van der Waals surface area (Å²) < 4.78 is 5.49. The second-order valence-electron chi connectivity index (χ2n) is 3.28. The molecule has 1 aromatic carbocycles. The summed E-state index contributed by atoms with van der Waals surface area (Å²) in [5, 5.41) is 0.980. The Morgan fingerprint density at radius 3 is 2.56 bits per heavy atom. The normalized spacial score (nSPS) is 10.8. The molecule has 0 aliphatic heterocycles. The van der Waals surface area contributed by atoms with Gasteiger partial charge in [-0.15, -0.1) is 11.6 Å². The SMILES string of the molecule is Cc1oc(-c2ccc(Cl)c(Cl)c2)nc1CCl. The number of oxazole rings is 1. The highest BCUT2D eigenvalue weighted by Crippen LogP contribution is 2.29. The van der Waals surface area contributed by atoms with Gasteiger partial charge in [0.05, 0.1) is 21.6 Å². The first-order chi connectivity index (χ1) is 7.61. The van der Waals surface area contributed by atoms with Crippen LogP contribution in [0.15, 0.2) is 22.6 Å². The van der Waals surface area contributed by atoms with Gasteiger partial charge < -0.3 is 4.42 Å². The molecule has 0 aliphatic carbocycles. The summed E-state index contributed by atoms with van der Waals surface area (Å²) in [7, 11) is 0. The van der Waals surface area contributed by atoms with E-state index >= 15 is 0 Å². The zero-order valence-corrected chi connectivity index (χ0v) is 10.7. The van der Waals surface area contributed by atoms with E-state index in [1.54, 1.807) is 18.2 Å². The van der Waals surface area contributed by atoms with E-state index < -0.39 is 0 Å². The van der Waals surface area contributed by atoms with Crippen molar-refractivity contribution in [2.24, 2.45) is 0 Å². The van der Waals surface area contributed by atoms with Crippen LogP contribution in [0.3, 0.4) is 0 Å². The standard InChI is InChI=1S/C11H8Cl3NO/c1-6-10(5-12)15-11(16-6)7-2-3-8(13)9(14)4-7/h2-4H,5H2,1H3. The zero-order chi connectivity index (χ0) is 11.7. The van der Waals surface area contributed by atoms with Crippen molar-refractivity contribution in [1.29, 1.82) is 0 Å². The predicted octanol–water partition coefficient (Wildman–Crippen LogP) is 4.70. The van der Waals surface area contributed by atoms with Gasteiger partial charge in [0, 0.05) is 5.56 Å². The molecule has 0 aliphatic rings. The number of alkyl halides is 1. The third kappa shape index (κ3) is 2.19. The van der Waals surface area contributed by atoms with Crippen molar-refractivity contribution >= 4 is 34.8 Å². The monoisotopic (exact) mass is 275 g/mol. The minimum Gasteiger partial charge on any atom is -0.441 e. The first-order valence-electron chi connectivity index (χ1n) is 4.59. The van der Waals surface area contributed by atoms with Crippen LogP contribution in [0.25, 0.3) is 11.5 Å². The lowest BCUT2D eigenvalue weighted by Gasteiger charge is -1.98. The van der Waals surface area contributed by atoms with Crippen LogP contribution in [0.5, 0.6) is 0 Å². The Balaban J connectivity index is 2.46. The number of hydrogen-bond donors (Lipinski definition) is 0. The summed E-state index contributed by atoms with van der Waals surface area (Å²) in [6, 6.07) is 5.23. The van der Waals surface area contributed by atoms with Gasteiger partial charge in [0.25, 0.3) is 0 Å². The number of nitrogens with zero attached hydrogens (tertiary/aromatic N) is 1. The summed E-state index contributed by atoms with van der Waals surface area (Å²) >= 11 is 17.5. The number of rotatable bonds is 2. The maximum atomic E-state index is 5.92. The highest BCUT2D eigenvalue weighted by Gasteiger charge is 2.11. The molecule has 84 valence electrons. The number of benzene rings is 1. The molecule has 5 heteroatoms. The number of aryl methyl sites for hydroxylation is 1. The molecule has 0 saturated heterocycles. The molecule has 0 spiro atoms. The molecule has 2 aromatic rings. The maximum absolute atomic E-state index is 5.92. The van der Waals surface area contributed by atoms with Gasteiger partial charge >= 0.3 is 0 Å². The molecule has 1 heterocycles. The zero-order valence-electron chi connectivity index (χ0n) is 8.43. The Morgan fingerprint density at radius 1 is 1.25 bits per heavy atom. The molecule has 0 radical (unpaired) electrons. The molecule has 0 N–H and O–H groups in total. The second-order valence-corrected chi connectivity index (χ2v) is 4.37. The lowest BCUT2D eigenvalue weighted by molar-refractivity contribution is 0.540. The molecule has 0 atom stereocenters. The predicted molar refractivity (Wildman–Crippen MR) is 66.3 cm³/mol. The third-order valence-corrected chi connectivity index (χ3v) is 3.18. The Labute approximate surface area is 108 Å². The van der Waals surface area contributed by atoms with E-state index in [4.69, 9.17) is 39.2 Å². The van der Waals surface area contributed by atoms with Crippen LogP contribution in [-0.4, -0.2) is 4.98 Å². The quantitative estimate of drug-likeness (QED) is 0.743. The number of aromatic nitrogens is 1. The van der Waals surface area contributed by atoms with E-state index in [1.165, 1.54) is 0 Å². The molecule has 1 aromatic heterocycles. The molecule has 0 unspecified atom stereocenters. The fourth-order valence-corrected chi connectivity index (χ4v) is 1.85. The van der Waals surface area contributed by atoms with Crippen LogP contribution >= 0.6 is 34.8 Å². The van der Waals surface area contributed by atoms with E-state index in [-0.39, 0.29) is 0 Å². The van der Waals surface area contributed by atoms with Gasteiger partial charge in [-0.25, -0.2) is 4.98 Å². The highest BCUT2D eigenvalue weighted by atomic mass is 35.5. The lowest BCUT2D eigenvalue weighted by Crippen LogP contribution is -1.81. The maximum Gasteiger partial charge on any atom is 0.226 e. The molecule has 0 bridgehead atoms. The van der Waals surface area contributed by atoms with Crippen LogP contribution in [0.2, 0.25) is 10.0 Å². The first kappa shape index (κ1) is 11.8. The molecular weight excluding hydrogens is 268 g/mol. The van der Waals surface area contributed by atoms with Gasteiger partial charge in [-0.3, -0.25) is 0 Å². The molecule has 2 nitrogen and oxygen atoms in total. The first-order valence-corrected chi connectivity index (χ1v) is 5.88. The molecule has 0 amide bonds. The van der Waals surface area contributed by atoms with Gasteiger partial charge in [-0.1, -0.05) is 23.2 Å². The molecule has 2 rings (SSSR count). The molecule has 0 fully saturated rings. The van der Waals surface area contributed by atoms with Crippen LogP contribution in [0, 0.1) is 6.92 Å². The average Bonchev–Trinajstić information content (AvgIpc) is 2.64. The number of hydrogen-bond acceptors (Lipinski definition) is 2. The van der Waals surface area contributed by atoms with Crippen molar-refractivity contribution in [3.63, 3.8) is 0 Å². The summed E-state index contributed by atoms with van der Waals surface area (Å²) in [6.45, 7) is 1.83. The van der Waals surface area contributed by atoms with Gasteiger partial charge in [0.1, 0.15) is 5.76 Å². The summed E-state index contributed by atoms with van der Waals surface area (Å²) in [5.41, 5.74) is 1.52. The second kappa shape index (κ2) is 4.66. The lowest BCUT2D eigenvalue weighted by atomic mass is 10.2. The topological polar surface area (TPSA) is 26.0 Å². The third-order valence-electron chi connectivity index (χ3n) is 2.19. The van der Waals surface area contributed by atoms with E-state index in [0.29, 0.717) is 21.8 Å². The summed E-state index contributed by atoms with van der Waals surface area (Å²) in [6.07, 6.45) is 0. The van der Waals surface area contributed by atoms with Gasteiger partial charge in [-0.05, 0) is 25.1 Å². The van der Waals surface area contributed by atoms with E-state index in [9.17, 15) is 0 Å². The Bertz CT molecular complexity index is 522. The van der Waals surface area contributed by atoms with Crippen molar-refractivity contribution in [2.45, 2.75) is 12.8 Å². The smallest absolute Gasteiger partial charge is 0.226 e. The molecule has 0 saturated carbocycles. The fourth-order valence-electron chi connectivity index (χ4n) is 1.30.